The number of amides is 1. The van der Waals surface area contributed by atoms with Crippen molar-refractivity contribution < 1.29 is 9.53 Å². The first kappa shape index (κ1) is 16.6. The highest BCUT2D eigenvalue weighted by Crippen LogP contribution is 2.20. The largest absolute Gasteiger partial charge is 0.444 e. The Labute approximate surface area is 128 Å². The second kappa shape index (κ2) is 7.45. The zero-order valence-electron chi connectivity index (χ0n) is 13.8. The highest BCUT2D eigenvalue weighted by Gasteiger charge is 2.31. The normalized spacial score (nSPS) is 26.4. The summed E-state index contributed by atoms with van der Waals surface area (Å²) >= 11 is 0. The number of likely N-dealkylation sites (tertiary alicyclic amines) is 1. The lowest BCUT2D eigenvalue weighted by atomic mass is 9.87. The minimum absolute atomic E-state index is 0.274. The molecule has 1 amide bonds. The van der Waals surface area contributed by atoms with Gasteiger partial charge in [0.15, 0.2) is 0 Å². The fourth-order valence-corrected chi connectivity index (χ4v) is 2.99. The van der Waals surface area contributed by atoms with Gasteiger partial charge in [0.2, 0.25) is 0 Å². The van der Waals surface area contributed by atoms with E-state index in [-0.39, 0.29) is 12.1 Å². The molecule has 0 unspecified atom stereocenters. The van der Waals surface area contributed by atoms with Crippen LogP contribution in [0.2, 0.25) is 0 Å². The lowest BCUT2D eigenvalue weighted by molar-refractivity contribution is 0.0465. The van der Waals surface area contributed by atoms with Gasteiger partial charge in [-0.2, -0.15) is 0 Å². The zero-order chi connectivity index (χ0) is 15.3. The molecular formula is C16H31N3O2. The SMILES string of the molecule is CC(C)(C)OC(=O)NC1CC(NCCCN2CCCC2)C1. The number of alkyl carbamates (subject to hydrolysis) is 1. The molecule has 0 aromatic carbocycles. The molecule has 1 aliphatic carbocycles. The van der Waals surface area contributed by atoms with Gasteiger partial charge < -0.3 is 20.3 Å². The molecule has 1 saturated heterocycles. The molecule has 0 aromatic rings. The van der Waals surface area contributed by atoms with Crippen LogP contribution in [-0.4, -0.2) is 54.9 Å². The highest BCUT2D eigenvalue weighted by molar-refractivity contribution is 5.68. The van der Waals surface area contributed by atoms with Crippen molar-refractivity contribution in [2.24, 2.45) is 0 Å². The number of ether oxygens (including phenoxy) is 1. The van der Waals surface area contributed by atoms with E-state index in [0.29, 0.717) is 6.04 Å². The summed E-state index contributed by atoms with van der Waals surface area (Å²) in [7, 11) is 0. The highest BCUT2D eigenvalue weighted by atomic mass is 16.6. The lowest BCUT2D eigenvalue weighted by Crippen LogP contribution is -2.53. The molecule has 5 heteroatoms. The van der Waals surface area contributed by atoms with Crippen LogP contribution >= 0.6 is 0 Å². The van der Waals surface area contributed by atoms with E-state index in [1.165, 1.54) is 38.9 Å². The van der Waals surface area contributed by atoms with Gasteiger partial charge in [-0.25, -0.2) is 4.79 Å². The Kier molecular flexibility index (Phi) is 5.88. The smallest absolute Gasteiger partial charge is 0.407 e. The second-order valence-corrected chi connectivity index (χ2v) is 7.37. The van der Waals surface area contributed by atoms with Crippen LogP contribution in [0.4, 0.5) is 4.79 Å². The molecule has 0 radical (unpaired) electrons. The van der Waals surface area contributed by atoms with Gasteiger partial charge in [0, 0.05) is 12.1 Å². The molecule has 0 aromatic heterocycles. The Morgan fingerprint density at radius 1 is 1.19 bits per heavy atom. The summed E-state index contributed by atoms with van der Waals surface area (Å²) in [6.07, 6.45) is 5.70. The third-order valence-corrected chi connectivity index (χ3v) is 4.14. The third-order valence-electron chi connectivity index (χ3n) is 4.14. The second-order valence-electron chi connectivity index (χ2n) is 7.37. The van der Waals surface area contributed by atoms with Crippen molar-refractivity contribution >= 4 is 6.09 Å². The summed E-state index contributed by atoms with van der Waals surface area (Å²) in [6, 6.07) is 0.833. The molecule has 2 fully saturated rings. The van der Waals surface area contributed by atoms with Crippen molar-refractivity contribution in [3.63, 3.8) is 0 Å². The maximum atomic E-state index is 11.6. The van der Waals surface area contributed by atoms with Crippen LogP contribution in [0.5, 0.6) is 0 Å². The Hall–Kier alpha value is -0.810. The Morgan fingerprint density at radius 3 is 2.48 bits per heavy atom. The fourth-order valence-electron chi connectivity index (χ4n) is 2.99. The minimum atomic E-state index is -0.416. The molecule has 21 heavy (non-hydrogen) atoms. The molecular weight excluding hydrogens is 266 g/mol. The van der Waals surface area contributed by atoms with Gasteiger partial charge >= 0.3 is 6.09 Å². The van der Waals surface area contributed by atoms with E-state index >= 15 is 0 Å². The summed E-state index contributed by atoms with van der Waals surface area (Å²) in [4.78, 5) is 14.2. The van der Waals surface area contributed by atoms with E-state index in [4.69, 9.17) is 4.74 Å². The maximum absolute atomic E-state index is 11.6. The Morgan fingerprint density at radius 2 is 1.86 bits per heavy atom. The summed E-state index contributed by atoms with van der Waals surface area (Å²) < 4.78 is 5.26. The van der Waals surface area contributed by atoms with Crippen molar-refractivity contribution in [1.29, 1.82) is 0 Å². The van der Waals surface area contributed by atoms with Gasteiger partial charge in [-0.3, -0.25) is 0 Å². The van der Waals surface area contributed by atoms with Crippen molar-refractivity contribution in [2.75, 3.05) is 26.2 Å². The van der Waals surface area contributed by atoms with E-state index in [2.05, 4.69) is 15.5 Å². The predicted octanol–water partition coefficient (Wildman–Crippen LogP) is 2.12. The van der Waals surface area contributed by atoms with Crippen LogP contribution in [-0.2, 0) is 4.74 Å². The molecule has 2 N–H and O–H groups in total. The van der Waals surface area contributed by atoms with Crippen LogP contribution in [0.1, 0.15) is 52.9 Å². The van der Waals surface area contributed by atoms with Gasteiger partial charge in [0.25, 0.3) is 0 Å². The lowest BCUT2D eigenvalue weighted by Gasteiger charge is -2.36. The fraction of sp³-hybridized carbons (Fsp3) is 0.938. The standard InChI is InChI=1S/C16H31N3O2/c1-16(2,3)21-15(20)18-14-11-13(12-14)17-7-6-10-19-8-4-5-9-19/h13-14,17H,4-12H2,1-3H3,(H,18,20). The van der Waals surface area contributed by atoms with Gasteiger partial charge in [-0.15, -0.1) is 0 Å². The van der Waals surface area contributed by atoms with Crippen LogP contribution in [0.15, 0.2) is 0 Å². The molecule has 1 aliphatic heterocycles. The van der Waals surface area contributed by atoms with Gasteiger partial charge in [0.1, 0.15) is 5.60 Å². The minimum Gasteiger partial charge on any atom is -0.444 e. The quantitative estimate of drug-likeness (QED) is 0.737. The number of rotatable bonds is 6. The Balaban J connectivity index is 1.46. The van der Waals surface area contributed by atoms with E-state index in [1.54, 1.807) is 0 Å². The first-order valence-electron chi connectivity index (χ1n) is 8.37. The summed E-state index contributed by atoms with van der Waals surface area (Å²) in [5, 5.41) is 6.50. The van der Waals surface area contributed by atoms with E-state index in [1.807, 2.05) is 20.8 Å². The summed E-state index contributed by atoms with van der Waals surface area (Å²) in [5.41, 5.74) is -0.416. The topological polar surface area (TPSA) is 53.6 Å². The van der Waals surface area contributed by atoms with Crippen LogP contribution < -0.4 is 10.6 Å². The molecule has 0 atom stereocenters. The van der Waals surface area contributed by atoms with Crippen molar-refractivity contribution in [3.05, 3.63) is 0 Å². The van der Waals surface area contributed by atoms with Gasteiger partial charge in [-0.05, 0) is 79.1 Å². The predicted molar refractivity (Wildman–Crippen MR) is 84.5 cm³/mol. The first-order chi connectivity index (χ1) is 9.92. The van der Waals surface area contributed by atoms with E-state index < -0.39 is 5.60 Å². The molecule has 2 aliphatic rings. The van der Waals surface area contributed by atoms with Crippen LogP contribution in [0, 0.1) is 0 Å². The molecule has 1 heterocycles. The van der Waals surface area contributed by atoms with E-state index in [0.717, 1.165) is 19.4 Å². The average molecular weight is 297 g/mol. The zero-order valence-corrected chi connectivity index (χ0v) is 13.8. The molecule has 0 spiro atoms. The van der Waals surface area contributed by atoms with Crippen molar-refractivity contribution in [2.45, 2.75) is 70.6 Å². The summed E-state index contributed by atoms with van der Waals surface area (Å²) in [6.45, 7) is 10.5. The van der Waals surface area contributed by atoms with Gasteiger partial charge in [0.05, 0.1) is 0 Å². The Bertz CT molecular complexity index is 329. The number of hydrogen-bond acceptors (Lipinski definition) is 4. The number of hydrogen-bond donors (Lipinski definition) is 2. The molecule has 5 nitrogen and oxygen atoms in total. The van der Waals surface area contributed by atoms with E-state index in [9.17, 15) is 4.79 Å². The molecule has 122 valence electrons. The molecule has 0 bridgehead atoms. The van der Waals surface area contributed by atoms with Crippen LogP contribution in [0.25, 0.3) is 0 Å². The number of nitrogens with zero attached hydrogens (tertiary/aromatic N) is 1. The third kappa shape index (κ3) is 6.22. The van der Waals surface area contributed by atoms with Crippen molar-refractivity contribution in [1.82, 2.24) is 15.5 Å². The van der Waals surface area contributed by atoms with Crippen molar-refractivity contribution in [3.8, 4) is 0 Å². The number of carbonyl (C=O) groups is 1. The monoisotopic (exact) mass is 297 g/mol. The average Bonchev–Trinajstić information content (AvgIpc) is 2.81. The maximum Gasteiger partial charge on any atom is 0.407 e. The molecule has 2 rings (SSSR count). The number of nitrogens with one attached hydrogen (secondary N) is 2. The van der Waals surface area contributed by atoms with Crippen LogP contribution in [0.3, 0.4) is 0 Å². The number of carbonyl (C=O) groups excluding carboxylic acids is 1. The first-order valence-corrected chi connectivity index (χ1v) is 8.37. The van der Waals surface area contributed by atoms with Gasteiger partial charge in [-0.1, -0.05) is 0 Å². The molecule has 1 saturated carbocycles. The summed E-state index contributed by atoms with van der Waals surface area (Å²) in [5.74, 6) is 0.